The highest BCUT2D eigenvalue weighted by atomic mass is 35.5. The van der Waals surface area contributed by atoms with E-state index in [1.807, 2.05) is 24.3 Å². The summed E-state index contributed by atoms with van der Waals surface area (Å²) in [6.45, 7) is 4.78. The number of nitrogens with zero attached hydrogens (tertiary/aromatic N) is 6. The number of carbonyl (C=O) groups is 2. The molecule has 2 N–H and O–H groups in total. The van der Waals surface area contributed by atoms with Crippen LogP contribution in [-0.4, -0.2) is 63.3 Å². The largest absolute Gasteiger partial charge is 0.441 e. The fourth-order valence-electron chi connectivity index (χ4n) is 4.17. The molecule has 3 aromatic heterocycles. The highest BCUT2D eigenvalue weighted by Gasteiger charge is 2.21. The summed E-state index contributed by atoms with van der Waals surface area (Å²) in [4.78, 5) is 36.1. The van der Waals surface area contributed by atoms with Gasteiger partial charge in [-0.2, -0.15) is 0 Å². The number of rotatable bonds is 7. The van der Waals surface area contributed by atoms with Gasteiger partial charge in [0.05, 0.1) is 24.5 Å². The lowest BCUT2D eigenvalue weighted by Gasteiger charge is -2.28. The third-order valence-electron chi connectivity index (χ3n) is 6.33. The van der Waals surface area contributed by atoms with Gasteiger partial charge in [-0.3, -0.25) is 15.1 Å². The Morgan fingerprint density at radius 2 is 1.82 bits per heavy atom. The smallest absolute Gasteiger partial charge is 0.413 e. The van der Waals surface area contributed by atoms with Gasteiger partial charge in [0.1, 0.15) is 11.3 Å². The highest BCUT2D eigenvalue weighted by molar-refractivity contribution is 6.30. The zero-order chi connectivity index (χ0) is 28.1. The topological polar surface area (TPSA) is 136 Å². The van der Waals surface area contributed by atoms with Crippen LogP contribution in [0.5, 0.6) is 0 Å². The number of anilines is 3. The van der Waals surface area contributed by atoms with E-state index >= 15 is 0 Å². The number of benzene rings is 1. The van der Waals surface area contributed by atoms with Crippen molar-refractivity contribution in [2.75, 3.05) is 41.8 Å². The van der Waals surface area contributed by atoms with Crippen LogP contribution in [0.2, 0.25) is 5.15 Å². The second-order valence-corrected chi connectivity index (χ2v) is 9.36. The first-order chi connectivity index (χ1) is 19.4. The van der Waals surface area contributed by atoms with Crippen LogP contribution in [0, 0.1) is 0 Å². The molecular weight excluding hydrogens is 536 g/mol. The van der Waals surface area contributed by atoms with Gasteiger partial charge in [-0.1, -0.05) is 22.9 Å². The van der Waals surface area contributed by atoms with Crippen LogP contribution in [0.4, 0.5) is 22.0 Å². The molecule has 1 aliphatic rings. The molecule has 206 valence electrons. The fraction of sp³-hybridized carbons (Fsp3) is 0.259. The molecule has 1 aliphatic heterocycles. The van der Waals surface area contributed by atoms with Gasteiger partial charge >= 0.3 is 6.09 Å². The number of ether oxygens (including phenoxy) is 2. The second-order valence-electron chi connectivity index (χ2n) is 9.00. The molecule has 1 fully saturated rings. The lowest BCUT2D eigenvalue weighted by Crippen LogP contribution is -2.36. The fourth-order valence-corrected chi connectivity index (χ4v) is 4.44. The number of hydrogen-bond acceptors (Lipinski definition) is 9. The Balaban J connectivity index is 1.22. The van der Waals surface area contributed by atoms with Crippen LogP contribution in [0.25, 0.3) is 11.4 Å². The molecule has 13 heteroatoms. The Bertz CT molecular complexity index is 1490. The van der Waals surface area contributed by atoms with Crippen molar-refractivity contribution >= 4 is 40.8 Å². The van der Waals surface area contributed by atoms with Gasteiger partial charge in [0, 0.05) is 49.5 Å². The maximum Gasteiger partial charge on any atom is 0.413 e. The summed E-state index contributed by atoms with van der Waals surface area (Å²) in [5.41, 5.74) is 3.43. The van der Waals surface area contributed by atoms with E-state index in [9.17, 15) is 9.59 Å². The molecule has 4 aromatic rings. The third-order valence-corrected chi connectivity index (χ3v) is 6.64. The quantitative estimate of drug-likeness (QED) is 0.315. The zero-order valence-corrected chi connectivity index (χ0v) is 22.6. The minimum atomic E-state index is -0.727. The van der Waals surface area contributed by atoms with Crippen LogP contribution in [0.3, 0.4) is 0 Å². The number of amides is 2. The second kappa shape index (κ2) is 12.1. The molecule has 0 aliphatic carbocycles. The number of aryl methyl sites for hydroxylation is 1. The van der Waals surface area contributed by atoms with Gasteiger partial charge < -0.3 is 19.7 Å². The zero-order valence-electron chi connectivity index (χ0n) is 21.9. The van der Waals surface area contributed by atoms with E-state index in [0.29, 0.717) is 41.4 Å². The van der Waals surface area contributed by atoms with Crippen molar-refractivity contribution in [3.8, 4) is 11.4 Å². The molecule has 0 unspecified atom stereocenters. The molecule has 0 radical (unpaired) electrons. The minimum absolute atomic E-state index is 0.254. The maximum absolute atomic E-state index is 12.8. The van der Waals surface area contributed by atoms with Crippen molar-refractivity contribution in [3.63, 3.8) is 0 Å². The third kappa shape index (κ3) is 6.19. The molecule has 0 spiro atoms. The normalized spacial score (nSPS) is 13.9. The lowest BCUT2D eigenvalue weighted by atomic mass is 10.2. The molecule has 5 rings (SSSR count). The van der Waals surface area contributed by atoms with E-state index in [0.717, 1.165) is 18.8 Å². The Kier molecular flexibility index (Phi) is 8.18. The van der Waals surface area contributed by atoms with Crippen molar-refractivity contribution in [2.45, 2.75) is 13.0 Å². The number of carbonyl (C=O) groups excluding carboxylic acids is 2. The predicted octanol–water partition coefficient (Wildman–Crippen LogP) is 4.32. The number of hydrogen-bond donors (Lipinski definition) is 2. The standard InChI is InChI=1S/C27H27ClN8O4/c1-17(21-4-3-11-29-24(21)28)40-27(38)32-25-23(33-34-35(25)2)22-10-5-18(16-30-22)26(37)31-19-6-8-20(9-7-19)36-12-14-39-15-13-36/h3-11,16-17H,12-15H2,1-2H3,(H,31,37)(H,32,38)/t17-/m1/s1. The summed E-state index contributed by atoms with van der Waals surface area (Å²) < 4.78 is 12.2. The summed E-state index contributed by atoms with van der Waals surface area (Å²) in [5.74, 6) is -0.0261. The van der Waals surface area contributed by atoms with Crippen molar-refractivity contribution in [1.82, 2.24) is 25.0 Å². The average Bonchev–Trinajstić information content (AvgIpc) is 3.33. The molecule has 0 saturated carbocycles. The molecular formula is C27H27ClN8O4. The van der Waals surface area contributed by atoms with Crippen molar-refractivity contribution < 1.29 is 19.1 Å². The van der Waals surface area contributed by atoms with Crippen LogP contribution in [-0.2, 0) is 16.5 Å². The van der Waals surface area contributed by atoms with E-state index in [2.05, 4.69) is 35.8 Å². The van der Waals surface area contributed by atoms with Crippen LogP contribution < -0.4 is 15.5 Å². The number of aromatic nitrogens is 5. The Labute approximate surface area is 235 Å². The molecule has 2 amide bonds. The molecule has 1 aromatic carbocycles. The van der Waals surface area contributed by atoms with Crippen molar-refractivity contribution in [3.05, 3.63) is 77.2 Å². The first-order valence-corrected chi connectivity index (χ1v) is 12.9. The number of pyridine rings is 2. The van der Waals surface area contributed by atoms with E-state index in [-0.39, 0.29) is 16.9 Å². The highest BCUT2D eigenvalue weighted by Crippen LogP contribution is 2.27. The summed E-state index contributed by atoms with van der Waals surface area (Å²) in [7, 11) is 1.62. The Hall–Kier alpha value is -4.55. The number of halogens is 1. The van der Waals surface area contributed by atoms with Crippen LogP contribution >= 0.6 is 11.6 Å². The average molecular weight is 563 g/mol. The number of morpholine rings is 1. The van der Waals surface area contributed by atoms with Gasteiger partial charge in [0.25, 0.3) is 5.91 Å². The van der Waals surface area contributed by atoms with E-state index in [1.165, 1.54) is 10.9 Å². The van der Waals surface area contributed by atoms with Crippen LogP contribution in [0.1, 0.15) is 28.9 Å². The molecule has 4 heterocycles. The minimum Gasteiger partial charge on any atom is -0.441 e. The van der Waals surface area contributed by atoms with E-state index in [1.54, 1.807) is 44.4 Å². The first-order valence-electron chi connectivity index (χ1n) is 12.6. The molecule has 1 saturated heterocycles. The van der Waals surface area contributed by atoms with E-state index in [4.69, 9.17) is 21.1 Å². The first kappa shape index (κ1) is 27.0. The van der Waals surface area contributed by atoms with Crippen molar-refractivity contribution in [2.24, 2.45) is 7.05 Å². The van der Waals surface area contributed by atoms with Gasteiger partial charge in [0.2, 0.25) is 0 Å². The molecule has 12 nitrogen and oxygen atoms in total. The summed E-state index contributed by atoms with van der Waals surface area (Å²) in [5, 5.41) is 13.9. The van der Waals surface area contributed by atoms with Gasteiger partial charge in [-0.15, -0.1) is 5.10 Å². The number of nitrogens with one attached hydrogen (secondary N) is 2. The van der Waals surface area contributed by atoms with E-state index < -0.39 is 12.2 Å². The summed E-state index contributed by atoms with van der Waals surface area (Å²) in [6.07, 6.45) is 1.63. The lowest BCUT2D eigenvalue weighted by molar-refractivity contribution is 0.102. The summed E-state index contributed by atoms with van der Waals surface area (Å²) in [6, 6.07) is 14.4. The van der Waals surface area contributed by atoms with Gasteiger partial charge in [0.15, 0.2) is 11.5 Å². The predicted molar refractivity (Wildman–Crippen MR) is 149 cm³/mol. The Morgan fingerprint density at radius 3 is 2.52 bits per heavy atom. The molecule has 0 bridgehead atoms. The van der Waals surface area contributed by atoms with Gasteiger partial charge in [-0.05, 0) is 49.4 Å². The SMILES string of the molecule is C[C@@H](OC(=O)Nc1c(-c2ccc(C(=O)Nc3ccc(N4CCOCC4)cc3)cn2)nnn1C)c1cccnc1Cl. The van der Waals surface area contributed by atoms with Gasteiger partial charge in [-0.25, -0.2) is 14.5 Å². The van der Waals surface area contributed by atoms with Crippen molar-refractivity contribution in [1.29, 1.82) is 0 Å². The summed E-state index contributed by atoms with van der Waals surface area (Å²) >= 11 is 6.10. The maximum atomic E-state index is 12.8. The van der Waals surface area contributed by atoms with Crippen LogP contribution in [0.15, 0.2) is 60.9 Å². The Morgan fingerprint density at radius 1 is 1.05 bits per heavy atom. The molecule has 40 heavy (non-hydrogen) atoms. The monoisotopic (exact) mass is 562 g/mol. The molecule has 1 atom stereocenters.